The number of rotatable bonds is 4. The van der Waals surface area contributed by atoms with Gasteiger partial charge < -0.3 is 5.11 Å². The largest absolute Gasteiger partial charge is 0.478 e. The number of sulfone groups is 1. The van der Waals surface area contributed by atoms with Crippen LogP contribution in [0.5, 0.6) is 0 Å². The number of fused-ring (bicyclic) bond motifs is 2. The Labute approximate surface area is 132 Å². The predicted octanol–water partition coefficient (Wildman–Crippen LogP) is 3.36. The van der Waals surface area contributed by atoms with Gasteiger partial charge in [-0.1, -0.05) is 22.4 Å². The first-order valence-electron chi connectivity index (χ1n) is 7.12. The van der Waals surface area contributed by atoms with Crippen LogP contribution in [0.4, 0.5) is 0 Å². The van der Waals surface area contributed by atoms with Gasteiger partial charge in [0.1, 0.15) is 0 Å². The summed E-state index contributed by atoms with van der Waals surface area (Å²) in [5.74, 6) is 0.246. The number of carboxylic acids is 1. The molecule has 0 amide bonds. The van der Waals surface area contributed by atoms with Crippen molar-refractivity contribution in [3.8, 4) is 0 Å². The minimum absolute atomic E-state index is 0.0628. The lowest BCUT2D eigenvalue weighted by atomic mass is 9.90. The Morgan fingerprint density at radius 3 is 2.62 bits per heavy atom. The number of benzene rings is 1. The Balaban J connectivity index is 1.91. The first-order chi connectivity index (χ1) is 9.87. The molecule has 6 heteroatoms. The van der Waals surface area contributed by atoms with Crippen molar-refractivity contribution >= 4 is 31.7 Å². The van der Waals surface area contributed by atoms with Crippen molar-refractivity contribution in [2.75, 3.05) is 5.75 Å². The third-order valence-corrected chi connectivity index (χ3v) is 7.20. The molecule has 2 aliphatic carbocycles. The molecule has 0 saturated heterocycles. The first-order valence-corrected chi connectivity index (χ1v) is 9.57. The van der Waals surface area contributed by atoms with Gasteiger partial charge in [0.2, 0.25) is 0 Å². The summed E-state index contributed by atoms with van der Waals surface area (Å²) in [6.07, 6.45) is 4.46. The average molecular weight is 373 g/mol. The molecule has 3 unspecified atom stereocenters. The van der Waals surface area contributed by atoms with Gasteiger partial charge in [0.25, 0.3) is 0 Å². The van der Waals surface area contributed by atoms with Crippen LogP contribution in [-0.2, 0) is 9.84 Å². The molecule has 4 nitrogen and oxygen atoms in total. The molecule has 1 aromatic rings. The van der Waals surface area contributed by atoms with Gasteiger partial charge in [0.15, 0.2) is 9.84 Å². The molecule has 2 bridgehead atoms. The van der Waals surface area contributed by atoms with E-state index in [1.54, 1.807) is 6.07 Å². The molecule has 0 aliphatic heterocycles. The second-order valence-electron chi connectivity index (χ2n) is 6.16. The second-order valence-corrected chi connectivity index (χ2v) is 9.08. The van der Waals surface area contributed by atoms with E-state index in [2.05, 4.69) is 15.9 Å². The molecule has 114 valence electrons. The maximum atomic E-state index is 12.7. The van der Waals surface area contributed by atoms with Crippen LogP contribution in [0.25, 0.3) is 0 Å². The summed E-state index contributed by atoms with van der Waals surface area (Å²) in [5, 5.41) is 9.21. The smallest absolute Gasteiger partial charge is 0.337 e. The maximum absolute atomic E-state index is 12.7. The third-order valence-electron chi connectivity index (χ3n) is 4.83. The zero-order chi connectivity index (χ0) is 15.2. The molecule has 21 heavy (non-hydrogen) atoms. The van der Waals surface area contributed by atoms with E-state index in [0.717, 1.165) is 19.3 Å². The quantitative estimate of drug-likeness (QED) is 0.879. The van der Waals surface area contributed by atoms with Crippen LogP contribution in [0.2, 0.25) is 0 Å². The topological polar surface area (TPSA) is 71.4 Å². The molecule has 0 heterocycles. The highest BCUT2D eigenvalue weighted by atomic mass is 79.9. The van der Waals surface area contributed by atoms with Gasteiger partial charge in [-0.15, -0.1) is 0 Å². The average Bonchev–Trinajstić information content (AvgIpc) is 3.00. The van der Waals surface area contributed by atoms with Gasteiger partial charge in [-0.2, -0.15) is 0 Å². The van der Waals surface area contributed by atoms with Gasteiger partial charge in [0, 0.05) is 4.47 Å². The molecule has 0 radical (unpaired) electrons. The molecule has 1 N–H and O–H groups in total. The number of halogens is 1. The zero-order valence-corrected chi connectivity index (χ0v) is 13.9. The fourth-order valence-electron chi connectivity index (χ4n) is 3.88. The molecule has 1 aromatic carbocycles. The molecular formula is C15H17BrO4S. The molecule has 2 aliphatic rings. The van der Waals surface area contributed by atoms with Crippen LogP contribution in [0.3, 0.4) is 0 Å². The minimum atomic E-state index is -3.58. The van der Waals surface area contributed by atoms with Crippen molar-refractivity contribution < 1.29 is 18.3 Å². The van der Waals surface area contributed by atoms with E-state index in [4.69, 9.17) is 0 Å². The van der Waals surface area contributed by atoms with E-state index < -0.39 is 15.8 Å². The van der Waals surface area contributed by atoms with E-state index in [1.807, 2.05) is 0 Å². The second kappa shape index (κ2) is 5.39. The molecule has 3 rings (SSSR count). The number of carbonyl (C=O) groups is 1. The summed E-state index contributed by atoms with van der Waals surface area (Å²) in [6.45, 7) is 0. The molecule has 2 fully saturated rings. The summed E-state index contributed by atoms with van der Waals surface area (Å²) in [5.41, 5.74) is -0.138. The molecular weight excluding hydrogens is 356 g/mol. The van der Waals surface area contributed by atoms with Crippen molar-refractivity contribution in [1.29, 1.82) is 0 Å². The Kier molecular flexibility index (Phi) is 3.86. The van der Waals surface area contributed by atoms with Gasteiger partial charge >= 0.3 is 5.97 Å². The van der Waals surface area contributed by atoms with Crippen LogP contribution in [0.1, 0.15) is 36.0 Å². The summed E-state index contributed by atoms with van der Waals surface area (Å²) in [7, 11) is -3.58. The number of hydrogen-bond donors (Lipinski definition) is 1. The van der Waals surface area contributed by atoms with E-state index in [9.17, 15) is 18.3 Å². The SMILES string of the molecule is O=C(O)c1ccc(Br)cc1S(=O)(=O)CC1CC2CCC1C2. The van der Waals surface area contributed by atoms with Crippen LogP contribution < -0.4 is 0 Å². The van der Waals surface area contributed by atoms with Gasteiger partial charge in [-0.05, 0) is 55.2 Å². The Morgan fingerprint density at radius 1 is 1.29 bits per heavy atom. The van der Waals surface area contributed by atoms with Crippen molar-refractivity contribution in [2.24, 2.45) is 17.8 Å². The van der Waals surface area contributed by atoms with Gasteiger partial charge in [-0.3, -0.25) is 0 Å². The zero-order valence-electron chi connectivity index (χ0n) is 11.5. The lowest BCUT2D eigenvalue weighted by Gasteiger charge is -2.21. The first kappa shape index (κ1) is 15.0. The highest BCUT2D eigenvalue weighted by Crippen LogP contribution is 2.49. The van der Waals surface area contributed by atoms with E-state index in [1.165, 1.54) is 18.6 Å². The van der Waals surface area contributed by atoms with E-state index in [0.29, 0.717) is 16.3 Å². The summed E-state index contributed by atoms with van der Waals surface area (Å²) in [4.78, 5) is 11.2. The highest BCUT2D eigenvalue weighted by molar-refractivity contribution is 9.10. The van der Waals surface area contributed by atoms with Gasteiger partial charge in [-0.25, -0.2) is 13.2 Å². The Hall–Kier alpha value is -0.880. The maximum Gasteiger partial charge on any atom is 0.337 e. The summed E-state index contributed by atoms with van der Waals surface area (Å²) >= 11 is 3.23. The fraction of sp³-hybridized carbons (Fsp3) is 0.533. The number of aromatic carboxylic acids is 1. The van der Waals surface area contributed by atoms with Crippen LogP contribution in [0.15, 0.2) is 27.6 Å². The molecule has 2 saturated carbocycles. The van der Waals surface area contributed by atoms with E-state index >= 15 is 0 Å². The monoisotopic (exact) mass is 372 g/mol. The molecule has 3 atom stereocenters. The molecule has 0 spiro atoms. The predicted molar refractivity (Wildman–Crippen MR) is 82.1 cm³/mol. The minimum Gasteiger partial charge on any atom is -0.478 e. The van der Waals surface area contributed by atoms with Crippen LogP contribution in [0, 0.1) is 17.8 Å². The lowest BCUT2D eigenvalue weighted by molar-refractivity contribution is 0.0692. The van der Waals surface area contributed by atoms with Crippen molar-refractivity contribution in [3.05, 3.63) is 28.2 Å². The third kappa shape index (κ3) is 2.88. The Morgan fingerprint density at radius 2 is 2.05 bits per heavy atom. The lowest BCUT2D eigenvalue weighted by Crippen LogP contribution is -2.23. The van der Waals surface area contributed by atoms with Gasteiger partial charge in [0.05, 0.1) is 16.2 Å². The highest BCUT2D eigenvalue weighted by Gasteiger charge is 2.42. The van der Waals surface area contributed by atoms with Crippen molar-refractivity contribution in [1.82, 2.24) is 0 Å². The standard InChI is InChI=1S/C15H17BrO4S/c16-12-3-4-13(15(17)18)14(7-12)21(19,20)8-11-6-9-1-2-10(11)5-9/h3-4,7,9-11H,1-2,5-6,8H2,(H,17,18). The summed E-state index contributed by atoms with van der Waals surface area (Å²) < 4.78 is 25.9. The van der Waals surface area contributed by atoms with Crippen molar-refractivity contribution in [3.63, 3.8) is 0 Å². The van der Waals surface area contributed by atoms with Crippen molar-refractivity contribution in [2.45, 2.75) is 30.6 Å². The molecule has 0 aromatic heterocycles. The van der Waals surface area contributed by atoms with E-state index in [-0.39, 0.29) is 22.1 Å². The summed E-state index contributed by atoms with van der Waals surface area (Å²) in [6, 6.07) is 4.31. The number of hydrogen-bond acceptors (Lipinski definition) is 3. The van der Waals surface area contributed by atoms with Crippen LogP contribution >= 0.6 is 15.9 Å². The fourth-order valence-corrected chi connectivity index (χ4v) is 6.34. The Bertz CT molecular complexity index is 683. The number of carboxylic acid groups (broad SMARTS) is 1. The normalized spacial score (nSPS) is 28.0. The van der Waals surface area contributed by atoms with Crippen LogP contribution in [-0.4, -0.2) is 25.2 Å².